The predicted octanol–water partition coefficient (Wildman–Crippen LogP) is 3.24. The van der Waals surface area contributed by atoms with Gasteiger partial charge in [0.05, 0.1) is 0 Å². The molecule has 0 bridgehead atoms. The molecule has 1 aromatic rings. The highest BCUT2D eigenvalue weighted by molar-refractivity contribution is 5.76. The van der Waals surface area contributed by atoms with E-state index in [1.807, 2.05) is 6.07 Å². The van der Waals surface area contributed by atoms with Crippen molar-refractivity contribution >= 4 is 5.91 Å². The lowest BCUT2D eigenvalue weighted by molar-refractivity contribution is -0.121. The van der Waals surface area contributed by atoms with Crippen molar-refractivity contribution in [3.63, 3.8) is 0 Å². The van der Waals surface area contributed by atoms with Gasteiger partial charge >= 0.3 is 0 Å². The summed E-state index contributed by atoms with van der Waals surface area (Å²) in [6.07, 6.45) is 10.1. The summed E-state index contributed by atoms with van der Waals surface area (Å²) in [4.78, 5) is 12.4. The van der Waals surface area contributed by atoms with Gasteiger partial charge in [-0.25, -0.2) is 0 Å². The first kappa shape index (κ1) is 18.6. The number of rotatable bonds is 9. The van der Waals surface area contributed by atoms with Crippen molar-refractivity contribution in [1.82, 2.24) is 10.6 Å². The Morgan fingerprint density at radius 2 is 2.00 bits per heavy atom. The summed E-state index contributed by atoms with van der Waals surface area (Å²) in [6, 6.07) is 10.6. The lowest BCUT2D eigenvalue weighted by atomic mass is 9.80. The van der Waals surface area contributed by atoms with Crippen molar-refractivity contribution in [3.05, 3.63) is 35.9 Å². The van der Waals surface area contributed by atoms with Gasteiger partial charge in [0.2, 0.25) is 5.91 Å². The monoisotopic (exact) mass is 352 g/mol. The quantitative estimate of drug-likeness (QED) is 0.670. The fourth-order valence-corrected chi connectivity index (χ4v) is 3.80. The van der Waals surface area contributed by atoms with Crippen LogP contribution in [0.5, 0.6) is 0 Å². The minimum atomic E-state index is -0.377. The molecule has 26 heavy (non-hydrogen) atoms. The van der Waals surface area contributed by atoms with E-state index in [0.717, 1.165) is 32.4 Å². The third kappa shape index (κ3) is 5.15. The Bertz CT molecular complexity index is 652. The highest BCUT2D eigenvalue weighted by Crippen LogP contribution is 2.37. The summed E-state index contributed by atoms with van der Waals surface area (Å²) in [5.41, 5.74) is 0.940. The van der Waals surface area contributed by atoms with Gasteiger partial charge in [-0.3, -0.25) is 4.79 Å². The Kier molecular flexibility index (Phi) is 6.40. The van der Waals surface area contributed by atoms with E-state index in [1.165, 1.54) is 5.56 Å². The van der Waals surface area contributed by atoms with Crippen molar-refractivity contribution in [2.45, 2.75) is 50.1 Å². The second kappa shape index (κ2) is 8.95. The van der Waals surface area contributed by atoms with Gasteiger partial charge in [0, 0.05) is 38.1 Å². The number of terminal acetylenes is 1. The van der Waals surface area contributed by atoms with Crippen molar-refractivity contribution in [2.75, 3.05) is 19.6 Å². The number of hydrogen-bond donors (Lipinski definition) is 2. The van der Waals surface area contributed by atoms with E-state index < -0.39 is 0 Å². The summed E-state index contributed by atoms with van der Waals surface area (Å²) in [5.74, 6) is 3.68. The molecule has 1 amide bonds. The Balaban J connectivity index is 1.51. The molecule has 2 aliphatic heterocycles. The van der Waals surface area contributed by atoms with Crippen LogP contribution < -0.4 is 10.6 Å². The van der Waals surface area contributed by atoms with E-state index in [2.05, 4.69) is 51.0 Å². The molecule has 2 aliphatic rings. The number of hydrogen-bond acceptors (Lipinski definition) is 4. The summed E-state index contributed by atoms with van der Waals surface area (Å²) >= 11 is 0. The Morgan fingerprint density at radius 3 is 2.65 bits per heavy atom. The van der Waals surface area contributed by atoms with Gasteiger partial charge < -0.3 is 10.6 Å². The zero-order chi connectivity index (χ0) is 18.2. The van der Waals surface area contributed by atoms with Gasteiger partial charge in [-0.2, -0.15) is 10.2 Å². The summed E-state index contributed by atoms with van der Waals surface area (Å²) in [5, 5.41) is 14.8. The number of piperidine rings is 1. The van der Waals surface area contributed by atoms with Crippen LogP contribution in [0.4, 0.5) is 0 Å². The molecular formula is C21H28N4O. The normalized spacial score (nSPS) is 19.5. The summed E-state index contributed by atoms with van der Waals surface area (Å²) < 4.78 is 0. The Labute approximate surface area is 156 Å². The van der Waals surface area contributed by atoms with E-state index >= 15 is 0 Å². The lowest BCUT2D eigenvalue weighted by Gasteiger charge is -2.31. The number of benzene rings is 1. The molecular weight excluding hydrogens is 324 g/mol. The van der Waals surface area contributed by atoms with Gasteiger partial charge in [-0.05, 0) is 37.4 Å². The standard InChI is InChI=1S/C21H28N4O/c1-2-3-12-21(24-25-21)13-9-20(26)23-16-19(17-7-5-4-6-8-17)18-10-14-22-15-11-18/h1,4-8,18-19,22H,3,9-16H2,(H,23,26). The minimum absolute atomic E-state index is 0.0808. The SMILES string of the molecule is C#CCCC1(CCC(=O)NCC(c2ccccc2)C2CCNCC2)N=N1. The van der Waals surface area contributed by atoms with Crippen LogP contribution in [0.3, 0.4) is 0 Å². The van der Waals surface area contributed by atoms with Crippen molar-refractivity contribution in [2.24, 2.45) is 16.1 Å². The minimum Gasteiger partial charge on any atom is -0.355 e. The number of carbonyl (C=O) groups excluding carboxylic acids is 1. The molecule has 0 aliphatic carbocycles. The molecule has 3 rings (SSSR count). The molecule has 0 saturated carbocycles. The maximum absolute atomic E-state index is 12.4. The molecule has 5 heteroatoms. The molecule has 1 unspecified atom stereocenters. The van der Waals surface area contributed by atoms with E-state index in [-0.39, 0.29) is 11.6 Å². The molecule has 5 nitrogen and oxygen atoms in total. The largest absolute Gasteiger partial charge is 0.355 e. The third-order valence-electron chi connectivity index (χ3n) is 5.50. The second-order valence-electron chi connectivity index (χ2n) is 7.30. The van der Waals surface area contributed by atoms with Crippen molar-refractivity contribution < 1.29 is 4.79 Å². The van der Waals surface area contributed by atoms with Gasteiger partial charge in [-0.15, -0.1) is 12.3 Å². The second-order valence-corrected chi connectivity index (χ2v) is 7.30. The van der Waals surface area contributed by atoms with Gasteiger partial charge in [0.25, 0.3) is 0 Å². The van der Waals surface area contributed by atoms with Gasteiger partial charge in [-0.1, -0.05) is 30.3 Å². The van der Waals surface area contributed by atoms with E-state index in [4.69, 9.17) is 6.42 Å². The third-order valence-corrected chi connectivity index (χ3v) is 5.50. The molecule has 2 N–H and O–H groups in total. The summed E-state index contributed by atoms with van der Waals surface area (Å²) in [7, 11) is 0. The zero-order valence-electron chi connectivity index (χ0n) is 15.3. The topological polar surface area (TPSA) is 65.8 Å². The van der Waals surface area contributed by atoms with Crippen LogP contribution in [0.15, 0.2) is 40.6 Å². The highest BCUT2D eigenvalue weighted by atomic mass is 16.1. The van der Waals surface area contributed by atoms with Crippen LogP contribution in [-0.4, -0.2) is 31.2 Å². The average Bonchev–Trinajstić information content (AvgIpc) is 3.47. The first-order chi connectivity index (χ1) is 12.7. The van der Waals surface area contributed by atoms with Crippen molar-refractivity contribution in [3.8, 4) is 12.3 Å². The molecule has 1 saturated heterocycles. The molecule has 0 radical (unpaired) electrons. The fourth-order valence-electron chi connectivity index (χ4n) is 3.80. The maximum Gasteiger partial charge on any atom is 0.220 e. The van der Waals surface area contributed by atoms with Crippen LogP contribution in [0.2, 0.25) is 0 Å². The van der Waals surface area contributed by atoms with E-state index in [9.17, 15) is 4.79 Å². The molecule has 1 fully saturated rings. The van der Waals surface area contributed by atoms with Crippen LogP contribution in [0.25, 0.3) is 0 Å². The zero-order valence-corrected chi connectivity index (χ0v) is 15.3. The number of nitrogens with one attached hydrogen (secondary N) is 2. The van der Waals surface area contributed by atoms with Gasteiger partial charge in [0.1, 0.15) is 0 Å². The molecule has 138 valence electrons. The van der Waals surface area contributed by atoms with Crippen LogP contribution in [0.1, 0.15) is 50.0 Å². The lowest BCUT2D eigenvalue weighted by Crippen LogP contribution is -2.36. The number of amides is 1. The van der Waals surface area contributed by atoms with Crippen LogP contribution in [0, 0.1) is 18.3 Å². The first-order valence-corrected chi connectivity index (χ1v) is 9.62. The van der Waals surface area contributed by atoms with Crippen LogP contribution in [-0.2, 0) is 4.79 Å². The predicted molar refractivity (Wildman–Crippen MR) is 103 cm³/mol. The smallest absolute Gasteiger partial charge is 0.220 e. The number of carbonyl (C=O) groups is 1. The Hall–Kier alpha value is -2.19. The molecule has 1 aromatic carbocycles. The first-order valence-electron chi connectivity index (χ1n) is 9.62. The highest BCUT2D eigenvalue weighted by Gasteiger charge is 2.39. The average molecular weight is 352 g/mol. The fraction of sp³-hybridized carbons (Fsp3) is 0.571. The van der Waals surface area contributed by atoms with Crippen LogP contribution >= 0.6 is 0 Å². The number of nitrogens with zero attached hydrogens (tertiary/aromatic N) is 2. The summed E-state index contributed by atoms with van der Waals surface area (Å²) in [6.45, 7) is 2.81. The molecule has 0 aromatic heterocycles. The van der Waals surface area contributed by atoms with Gasteiger partial charge in [0.15, 0.2) is 5.66 Å². The molecule has 2 heterocycles. The maximum atomic E-state index is 12.4. The van der Waals surface area contributed by atoms with E-state index in [0.29, 0.717) is 37.6 Å². The molecule has 0 spiro atoms. The molecule has 1 atom stereocenters. The van der Waals surface area contributed by atoms with E-state index in [1.54, 1.807) is 0 Å². The Morgan fingerprint density at radius 1 is 1.27 bits per heavy atom. The van der Waals surface area contributed by atoms with Crippen molar-refractivity contribution in [1.29, 1.82) is 0 Å².